The summed E-state index contributed by atoms with van der Waals surface area (Å²) in [6.07, 6.45) is 7.81. The van der Waals surface area contributed by atoms with Gasteiger partial charge in [-0.15, -0.1) is 0 Å². The van der Waals surface area contributed by atoms with Gasteiger partial charge in [-0.3, -0.25) is 0 Å². The highest BCUT2D eigenvalue weighted by molar-refractivity contribution is 4.84. The van der Waals surface area contributed by atoms with Crippen LogP contribution < -0.4 is 11.5 Å². The third-order valence-electron chi connectivity index (χ3n) is 3.95. The first kappa shape index (κ1) is 14.9. The molecule has 3 nitrogen and oxygen atoms in total. The molecule has 1 aliphatic carbocycles. The summed E-state index contributed by atoms with van der Waals surface area (Å²) in [6, 6.07) is -0.319. The van der Waals surface area contributed by atoms with Crippen LogP contribution in [0.1, 0.15) is 58.8 Å². The Hall–Kier alpha value is -0.120. The van der Waals surface area contributed by atoms with Crippen LogP contribution in [0.4, 0.5) is 0 Å². The number of hydrogen-bond acceptors (Lipinski definition) is 3. The van der Waals surface area contributed by atoms with Gasteiger partial charge in [0.05, 0.1) is 6.10 Å². The second-order valence-corrected chi connectivity index (χ2v) is 6.19. The number of nitrogens with two attached hydrogens (primary N) is 2. The van der Waals surface area contributed by atoms with Crippen LogP contribution in [0.3, 0.4) is 0 Å². The maximum absolute atomic E-state index is 10.1. The van der Waals surface area contributed by atoms with E-state index >= 15 is 0 Å². The molecule has 0 radical (unpaired) electrons. The van der Waals surface area contributed by atoms with Crippen LogP contribution in [0.15, 0.2) is 0 Å². The molecule has 0 saturated heterocycles. The highest BCUT2D eigenvalue weighted by Crippen LogP contribution is 2.27. The molecule has 0 aromatic heterocycles. The number of rotatable bonds is 6. The van der Waals surface area contributed by atoms with Gasteiger partial charge in [-0.25, -0.2) is 0 Å². The van der Waals surface area contributed by atoms with Crippen molar-refractivity contribution >= 4 is 0 Å². The van der Waals surface area contributed by atoms with Crippen LogP contribution in [-0.2, 0) is 0 Å². The Labute approximate surface area is 106 Å². The molecule has 17 heavy (non-hydrogen) atoms. The molecule has 1 unspecified atom stereocenters. The summed E-state index contributed by atoms with van der Waals surface area (Å²) in [5, 5.41) is 10.1. The van der Waals surface area contributed by atoms with Gasteiger partial charge < -0.3 is 16.6 Å². The topological polar surface area (TPSA) is 72.3 Å². The zero-order chi connectivity index (χ0) is 12.8. The summed E-state index contributed by atoms with van der Waals surface area (Å²) < 4.78 is 0. The summed E-state index contributed by atoms with van der Waals surface area (Å²) in [5.74, 6) is 1.22. The van der Waals surface area contributed by atoms with Crippen molar-refractivity contribution in [1.82, 2.24) is 0 Å². The van der Waals surface area contributed by atoms with Crippen molar-refractivity contribution in [2.24, 2.45) is 23.3 Å². The molecular formula is C14H30N2O. The Bertz CT molecular complexity index is 202. The highest BCUT2D eigenvalue weighted by atomic mass is 16.3. The molecule has 0 spiro atoms. The molecule has 0 amide bonds. The Morgan fingerprint density at radius 2 is 1.65 bits per heavy atom. The third-order valence-corrected chi connectivity index (χ3v) is 3.95. The molecule has 1 fully saturated rings. The first-order valence-corrected chi connectivity index (χ1v) is 7.20. The van der Waals surface area contributed by atoms with Crippen LogP contribution >= 0.6 is 0 Å². The molecule has 0 heterocycles. The predicted octanol–water partition coefficient (Wildman–Crippen LogP) is 2.02. The summed E-state index contributed by atoms with van der Waals surface area (Å²) in [4.78, 5) is 0. The van der Waals surface area contributed by atoms with E-state index in [2.05, 4.69) is 13.8 Å². The molecule has 3 atom stereocenters. The van der Waals surface area contributed by atoms with Crippen molar-refractivity contribution in [3.63, 3.8) is 0 Å². The monoisotopic (exact) mass is 242 g/mol. The Morgan fingerprint density at radius 1 is 1.06 bits per heavy atom. The van der Waals surface area contributed by atoms with Gasteiger partial charge in [0, 0.05) is 12.1 Å². The van der Waals surface area contributed by atoms with Crippen molar-refractivity contribution in [3.05, 3.63) is 0 Å². The minimum Gasteiger partial charge on any atom is -0.390 e. The second-order valence-electron chi connectivity index (χ2n) is 6.19. The zero-order valence-electron chi connectivity index (χ0n) is 11.4. The number of aliphatic hydroxyl groups excluding tert-OH is 1. The Morgan fingerprint density at radius 3 is 2.18 bits per heavy atom. The predicted molar refractivity (Wildman–Crippen MR) is 72.6 cm³/mol. The Kier molecular flexibility index (Phi) is 6.45. The molecule has 0 aromatic rings. The first-order chi connectivity index (χ1) is 8.00. The van der Waals surface area contributed by atoms with Crippen LogP contribution in [-0.4, -0.2) is 23.3 Å². The van der Waals surface area contributed by atoms with E-state index in [0.717, 1.165) is 12.8 Å². The van der Waals surface area contributed by atoms with Crippen LogP contribution in [0.2, 0.25) is 0 Å². The van der Waals surface area contributed by atoms with E-state index < -0.39 is 6.10 Å². The van der Waals surface area contributed by atoms with Crippen molar-refractivity contribution < 1.29 is 5.11 Å². The summed E-state index contributed by atoms with van der Waals surface area (Å²) >= 11 is 0. The lowest BCUT2D eigenvalue weighted by atomic mass is 9.82. The minimum absolute atomic E-state index is 0.146. The van der Waals surface area contributed by atoms with Gasteiger partial charge in [0.2, 0.25) is 0 Å². The maximum atomic E-state index is 10.1. The average Bonchev–Trinajstić information content (AvgIpc) is 2.28. The molecule has 1 aliphatic rings. The molecular weight excluding hydrogens is 212 g/mol. The zero-order valence-corrected chi connectivity index (χ0v) is 11.4. The van der Waals surface area contributed by atoms with E-state index in [1.165, 1.54) is 32.1 Å². The minimum atomic E-state index is -0.542. The van der Waals surface area contributed by atoms with Gasteiger partial charge in [-0.05, 0) is 24.7 Å². The quantitative estimate of drug-likeness (QED) is 0.667. The van der Waals surface area contributed by atoms with Gasteiger partial charge in [0.25, 0.3) is 0 Å². The van der Waals surface area contributed by atoms with Crippen LogP contribution in [0.5, 0.6) is 0 Å². The van der Waals surface area contributed by atoms with E-state index in [1.807, 2.05) is 0 Å². The fraction of sp³-hybridized carbons (Fsp3) is 1.00. The van der Waals surface area contributed by atoms with Crippen LogP contribution in [0.25, 0.3) is 0 Å². The largest absolute Gasteiger partial charge is 0.390 e. The van der Waals surface area contributed by atoms with Gasteiger partial charge >= 0.3 is 0 Å². The van der Waals surface area contributed by atoms with Crippen LogP contribution in [0, 0.1) is 11.8 Å². The standard InChI is InChI=1S/C14H30N2O/c1-10(2)8-12(15)14(17)13(16)9-11-6-4-3-5-7-11/h10-14,17H,3-9,15-16H2,1-2H3/t12?,13-,14+/m0/s1. The first-order valence-electron chi connectivity index (χ1n) is 7.20. The maximum Gasteiger partial charge on any atom is 0.0841 e. The Balaban J connectivity index is 2.31. The van der Waals surface area contributed by atoms with Gasteiger partial charge in [0.1, 0.15) is 0 Å². The van der Waals surface area contributed by atoms with Crippen molar-refractivity contribution in [3.8, 4) is 0 Å². The normalized spacial score (nSPS) is 23.6. The van der Waals surface area contributed by atoms with E-state index in [9.17, 15) is 5.11 Å². The summed E-state index contributed by atoms with van der Waals surface area (Å²) in [7, 11) is 0. The number of hydrogen-bond donors (Lipinski definition) is 3. The van der Waals surface area contributed by atoms with E-state index in [1.54, 1.807) is 0 Å². The highest BCUT2D eigenvalue weighted by Gasteiger charge is 2.26. The molecule has 3 heteroatoms. The number of aliphatic hydroxyl groups is 1. The van der Waals surface area contributed by atoms with Crippen molar-refractivity contribution in [2.75, 3.05) is 0 Å². The molecule has 5 N–H and O–H groups in total. The lowest BCUT2D eigenvalue weighted by Crippen LogP contribution is -2.48. The lowest BCUT2D eigenvalue weighted by molar-refractivity contribution is 0.0938. The molecule has 102 valence electrons. The smallest absolute Gasteiger partial charge is 0.0841 e. The fourth-order valence-electron chi connectivity index (χ4n) is 2.95. The molecule has 0 bridgehead atoms. The summed E-state index contributed by atoms with van der Waals surface area (Å²) in [5.41, 5.74) is 12.1. The van der Waals surface area contributed by atoms with Gasteiger partial charge in [0.15, 0.2) is 0 Å². The fourth-order valence-corrected chi connectivity index (χ4v) is 2.95. The lowest BCUT2D eigenvalue weighted by Gasteiger charge is -2.30. The molecule has 1 rings (SSSR count). The summed E-state index contributed by atoms with van der Waals surface area (Å²) in [6.45, 7) is 4.25. The SMILES string of the molecule is CC(C)CC(N)[C@@H](O)[C@@H](N)CC1CCCCC1. The second kappa shape index (κ2) is 7.34. The van der Waals surface area contributed by atoms with E-state index in [-0.39, 0.29) is 12.1 Å². The molecule has 0 aliphatic heterocycles. The van der Waals surface area contributed by atoms with Crippen molar-refractivity contribution in [1.29, 1.82) is 0 Å². The molecule has 0 aromatic carbocycles. The van der Waals surface area contributed by atoms with E-state index in [0.29, 0.717) is 11.8 Å². The van der Waals surface area contributed by atoms with E-state index in [4.69, 9.17) is 11.5 Å². The van der Waals surface area contributed by atoms with Gasteiger partial charge in [-0.1, -0.05) is 46.0 Å². The average molecular weight is 242 g/mol. The van der Waals surface area contributed by atoms with Crippen molar-refractivity contribution in [2.45, 2.75) is 77.0 Å². The third kappa shape index (κ3) is 5.36. The van der Waals surface area contributed by atoms with Gasteiger partial charge in [-0.2, -0.15) is 0 Å². The molecule has 1 saturated carbocycles.